The molecule has 0 aromatic rings. The second-order valence-corrected chi connectivity index (χ2v) is 4.82. The van der Waals surface area contributed by atoms with Crippen LogP contribution in [0, 0.1) is 0 Å². The zero-order chi connectivity index (χ0) is 14.0. The van der Waals surface area contributed by atoms with E-state index in [2.05, 4.69) is 5.32 Å². The molecule has 0 aliphatic heterocycles. The minimum absolute atomic E-state index is 0.0442. The van der Waals surface area contributed by atoms with Crippen molar-refractivity contribution in [2.75, 3.05) is 31.7 Å². The molecule has 4 N–H and O–H groups in total. The smallest absolute Gasteiger partial charge is 0.312 e. The quantitative estimate of drug-likeness (QED) is 0.553. The molecular formula is C11H23N3O3S. The van der Waals surface area contributed by atoms with Crippen LogP contribution >= 0.6 is 11.8 Å². The molecule has 3 amide bonds. The fraction of sp³-hybridized carbons (Fsp3) is 0.818. The Morgan fingerprint density at radius 3 is 2.61 bits per heavy atom. The standard InChI is InChI=1S/C11H23N3O3S/c1-3-14(6-4-7-15)10(16)9(5-8-18-2)13-11(12)17/h9,15H,3-8H2,1-2H3,(H3,12,13,17). The fourth-order valence-corrected chi connectivity index (χ4v) is 2.04. The van der Waals surface area contributed by atoms with Gasteiger partial charge in [-0.2, -0.15) is 11.8 Å². The summed E-state index contributed by atoms with van der Waals surface area (Å²) in [4.78, 5) is 24.7. The van der Waals surface area contributed by atoms with Crippen LogP contribution in [0.4, 0.5) is 4.79 Å². The van der Waals surface area contributed by atoms with Crippen molar-refractivity contribution in [2.45, 2.75) is 25.8 Å². The number of likely N-dealkylation sites (N-methyl/N-ethyl adjacent to an activating group) is 1. The van der Waals surface area contributed by atoms with E-state index in [1.165, 1.54) is 0 Å². The average molecular weight is 277 g/mol. The van der Waals surface area contributed by atoms with Crippen LogP contribution in [0.25, 0.3) is 0 Å². The van der Waals surface area contributed by atoms with E-state index in [9.17, 15) is 9.59 Å². The topological polar surface area (TPSA) is 95.7 Å². The molecule has 0 aliphatic carbocycles. The number of primary amides is 1. The number of aliphatic hydroxyl groups is 1. The molecule has 1 unspecified atom stereocenters. The van der Waals surface area contributed by atoms with Gasteiger partial charge in [0.15, 0.2) is 0 Å². The molecule has 0 saturated carbocycles. The molecule has 0 rings (SSSR count). The van der Waals surface area contributed by atoms with Gasteiger partial charge in [-0.05, 0) is 31.8 Å². The summed E-state index contributed by atoms with van der Waals surface area (Å²) in [5, 5.41) is 11.3. The van der Waals surface area contributed by atoms with Gasteiger partial charge in [-0.3, -0.25) is 4.79 Å². The maximum Gasteiger partial charge on any atom is 0.312 e. The van der Waals surface area contributed by atoms with Gasteiger partial charge >= 0.3 is 6.03 Å². The molecule has 106 valence electrons. The number of thioether (sulfide) groups is 1. The molecular weight excluding hydrogens is 254 g/mol. The lowest BCUT2D eigenvalue weighted by Crippen LogP contribution is -2.50. The minimum atomic E-state index is -0.687. The third-order valence-electron chi connectivity index (χ3n) is 2.50. The molecule has 0 radical (unpaired) electrons. The molecule has 0 saturated heterocycles. The Bertz CT molecular complexity index is 264. The first-order valence-corrected chi connectivity index (χ1v) is 7.40. The number of nitrogens with zero attached hydrogens (tertiary/aromatic N) is 1. The van der Waals surface area contributed by atoms with Crippen molar-refractivity contribution in [1.82, 2.24) is 10.2 Å². The Morgan fingerprint density at radius 1 is 1.50 bits per heavy atom. The summed E-state index contributed by atoms with van der Waals surface area (Å²) >= 11 is 1.61. The molecule has 0 bridgehead atoms. The second-order valence-electron chi connectivity index (χ2n) is 3.84. The number of hydrogen-bond donors (Lipinski definition) is 3. The van der Waals surface area contributed by atoms with Gasteiger partial charge in [0.05, 0.1) is 0 Å². The number of nitrogens with two attached hydrogens (primary N) is 1. The Balaban J connectivity index is 4.52. The molecule has 0 aliphatic rings. The predicted molar refractivity (Wildman–Crippen MR) is 73.5 cm³/mol. The molecule has 0 fully saturated rings. The molecule has 0 aromatic carbocycles. The summed E-state index contributed by atoms with van der Waals surface area (Å²) in [6, 6.07) is -1.26. The van der Waals surface area contributed by atoms with Crippen LogP contribution in [0.1, 0.15) is 19.8 Å². The van der Waals surface area contributed by atoms with Crippen molar-refractivity contribution in [1.29, 1.82) is 0 Å². The highest BCUT2D eigenvalue weighted by Gasteiger charge is 2.23. The molecule has 0 aromatic heterocycles. The Labute approximate surface area is 112 Å². The number of aliphatic hydroxyl groups excluding tert-OH is 1. The van der Waals surface area contributed by atoms with Gasteiger partial charge in [0.1, 0.15) is 6.04 Å². The summed E-state index contributed by atoms with van der Waals surface area (Å²) in [7, 11) is 0. The van der Waals surface area contributed by atoms with Crippen LogP contribution in [-0.2, 0) is 4.79 Å². The van der Waals surface area contributed by atoms with Crippen molar-refractivity contribution in [3.05, 3.63) is 0 Å². The van der Waals surface area contributed by atoms with E-state index in [1.807, 2.05) is 13.2 Å². The summed E-state index contributed by atoms with van der Waals surface area (Å²) in [5.74, 6) is 0.632. The normalized spacial score (nSPS) is 11.9. The van der Waals surface area contributed by atoms with E-state index in [-0.39, 0.29) is 12.5 Å². The first-order chi connectivity index (χ1) is 8.56. The number of hydrogen-bond acceptors (Lipinski definition) is 4. The van der Waals surface area contributed by atoms with Crippen molar-refractivity contribution < 1.29 is 14.7 Å². The fourth-order valence-electron chi connectivity index (χ4n) is 1.57. The van der Waals surface area contributed by atoms with Gasteiger partial charge in [-0.15, -0.1) is 0 Å². The van der Waals surface area contributed by atoms with Crippen LogP contribution in [0.2, 0.25) is 0 Å². The SMILES string of the molecule is CCN(CCCO)C(=O)C(CCSC)NC(N)=O. The Morgan fingerprint density at radius 2 is 2.17 bits per heavy atom. The van der Waals surface area contributed by atoms with Crippen LogP contribution in [0.3, 0.4) is 0 Å². The number of carbonyl (C=O) groups is 2. The minimum Gasteiger partial charge on any atom is -0.396 e. The Hall–Kier alpha value is -0.950. The molecule has 0 spiro atoms. The van der Waals surface area contributed by atoms with Crippen LogP contribution in [-0.4, -0.2) is 59.7 Å². The van der Waals surface area contributed by atoms with Crippen LogP contribution in [0.5, 0.6) is 0 Å². The van der Waals surface area contributed by atoms with Crippen molar-refractivity contribution in [3.63, 3.8) is 0 Å². The lowest BCUT2D eigenvalue weighted by atomic mass is 10.2. The highest BCUT2D eigenvalue weighted by molar-refractivity contribution is 7.98. The van der Waals surface area contributed by atoms with Gasteiger partial charge in [-0.1, -0.05) is 0 Å². The zero-order valence-electron chi connectivity index (χ0n) is 11.0. The molecule has 7 heteroatoms. The highest BCUT2D eigenvalue weighted by atomic mass is 32.2. The highest BCUT2D eigenvalue weighted by Crippen LogP contribution is 2.05. The van der Waals surface area contributed by atoms with E-state index in [1.54, 1.807) is 16.7 Å². The third kappa shape index (κ3) is 6.70. The van der Waals surface area contributed by atoms with E-state index < -0.39 is 12.1 Å². The number of rotatable bonds is 9. The molecule has 0 heterocycles. The van der Waals surface area contributed by atoms with E-state index in [0.29, 0.717) is 25.9 Å². The van der Waals surface area contributed by atoms with E-state index >= 15 is 0 Å². The largest absolute Gasteiger partial charge is 0.396 e. The molecule has 6 nitrogen and oxygen atoms in total. The lowest BCUT2D eigenvalue weighted by Gasteiger charge is -2.26. The number of carbonyl (C=O) groups excluding carboxylic acids is 2. The first-order valence-electron chi connectivity index (χ1n) is 6.01. The maximum absolute atomic E-state index is 12.2. The summed E-state index contributed by atoms with van der Waals surface area (Å²) in [5.41, 5.74) is 5.08. The lowest BCUT2D eigenvalue weighted by molar-refractivity contribution is -0.133. The van der Waals surface area contributed by atoms with Gasteiger partial charge in [0.2, 0.25) is 5.91 Å². The van der Waals surface area contributed by atoms with Gasteiger partial charge < -0.3 is 21.1 Å². The molecule has 1 atom stereocenters. The number of nitrogens with one attached hydrogen (secondary N) is 1. The van der Waals surface area contributed by atoms with E-state index in [4.69, 9.17) is 10.8 Å². The van der Waals surface area contributed by atoms with Crippen LogP contribution < -0.4 is 11.1 Å². The first kappa shape index (κ1) is 17.1. The summed E-state index contributed by atoms with van der Waals surface area (Å²) in [6.07, 6.45) is 3.03. The monoisotopic (exact) mass is 277 g/mol. The molecule has 18 heavy (non-hydrogen) atoms. The predicted octanol–water partition coefficient (Wildman–Crippen LogP) is 0.00730. The van der Waals surface area contributed by atoms with Gasteiger partial charge in [-0.25, -0.2) is 4.79 Å². The number of amides is 3. The van der Waals surface area contributed by atoms with Crippen molar-refractivity contribution >= 4 is 23.7 Å². The Kier molecular flexibility index (Phi) is 9.49. The third-order valence-corrected chi connectivity index (χ3v) is 3.15. The zero-order valence-corrected chi connectivity index (χ0v) is 11.8. The summed E-state index contributed by atoms with van der Waals surface area (Å²) < 4.78 is 0. The second kappa shape index (κ2) is 10.0. The maximum atomic E-state index is 12.2. The summed E-state index contributed by atoms with van der Waals surface area (Å²) in [6.45, 7) is 2.95. The van der Waals surface area contributed by atoms with Crippen molar-refractivity contribution in [2.24, 2.45) is 5.73 Å². The van der Waals surface area contributed by atoms with Crippen LogP contribution in [0.15, 0.2) is 0 Å². The average Bonchev–Trinajstić information content (AvgIpc) is 2.34. The van der Waals surface area contributed by atoms with Crippen molar-refractivity contribution in [3.8, 4) is 0 Å². The van der Waals surface area contributed by atoms with Gasteiger partial charge in [0, 0.05) is 19.7 Å². The number of urea groups is 1. The van der Waals surface area contributed by atoms with E-state index in [0.717, 1.165) is 5.75 Å². The van der Waals surface area contributed by atoms with Gasteiger partial charge in [0.25, 0.3) is 0 Å².